The Morgan fingerprint density at radius 3 is 2.65 bits per heavy atom. The van der Waals surface area contributed by atoms with Crippen molar-refractivity contribution in [2.24, 2.45) is 0 Å². The zero-order valence-electron chi connectivity index (χ0n) is 9.60. The molecule has 0 aliphatic heterocycles. The lowest BCUT2D eigenvalue weighted by Crippen LogP contribution is -2.00. The summed E-state index contributed by atoms with van der Waals surface area (Å²) in [6.45, 7) is 2.04. The van der Waals surface area contributed by atoms with Crippen molar-refractivity contribution >= 4 is 16.7 Å². The summed E-state index contributed by atoms with van der Waals surface area (Å²) in [6.07, 6.45) is 0.787. The summed E-state index contributed by atoms with van der Waals surface area (Å²) in [7, 11) is 0. The first kappa shape index (κ1) is 11.5. The smallest absolute Gasteiger partial charge is 0.307 e. The summed E-state index contributed by atoms with van der Waals surface area (Å²) in [5, 5.41) is 20.4. The second kappa shape index (κ2) is 4.45. The fraction of sp³-hybridized carbons (Fsp3) is 0.214. The van der Waals surface area contributed by atoms with Crippen LogP contribution in [0.15, 0.2) is 30.3 Å². The number of phenolic OH excluding ortho intramolecular Hbond substituents is 1. The molecule has 0 aromatic heterocycles. The van der Waals surface area contributed by atoms with Crippen LogP contribution < -0.4 is 0 Å². The highest BCUT2D eigenvalue weighted by molar-refractivity contribution is 5.92. The van der Waals surface area contributed by atoms with Crippen LogP contribution in [-0.2, 0) is 17.6 Å². The molecule has 3 heteroatoms. The standard InChI is InChI=1S/C14H14O3/c1-2-10-4-3-5-11-12(10)6-9(7-13(11)15)8-14(16)17/h3-7,15H,2,8H2,1H3,(H,16,17). The molecule has 0 saturated heterocycles. The Bertz CT molecular complexity index is 573. The van der Waals surface area contributed by atoms with Gasteiger partial charge in [-0.2, -0.15) is 0 Å². The number of phenols is 1. The van der Waals surface area contributed by atoms with Crippen LogP contribution in [0.4, 0.5) is 0 Å². The Balaban J connectivity index is 2.65. The van der Waals surface area contributed by atoms with Gasteiger partial charge in [-0.3, -0.25) is 4.79 Å². The molecule has 17 heavy (non-hydrogen) atoms. The van der Waals surface area contributed by atoms with Crippen LogP contribution in [0.25, 0.3) is 10.8 Å². The third-order valence-electron chi connectivity index (χ3n) is 2.86. The number of carboxylic acid groups (broad SMARTS) is 1. The first-order valence-electron chi connectivity index (χ1n) is 5.57. The van der Waals surface area contributed by atoms with E-state index in [1.165, 1.54) is 6.07 Å². The van der Waals surface area contributed by atoms with Crippen LogP contribution in [0.3, 0.4) is 0 Å². The van der Waals surface area contributed by atoms with Gasteiger partial charge in [-0.1, -0.05) is 31.2 Å². The normalized spacial score (nSPS) is 10.6. The molecule has 2 aromatic rings. The fourth-order valence-corrected chi connectivity index (χ4v) is 2.07. The minimum Gasteiger partial charge on any atom is -0.507 e. The predicted molar refractivity (Wildman–Crippen MR) is 66.3 cm³/mol. The third-order valence-corrected chi connectivity index (χ3v) is 2.86. The number of hydrogen-bond acceptors (Lipinski definition) is 2. The van der Waals surface area contributed by atoms with Gasteiger partial charge in [0.1, 0.15) is 5.75 Å². The first-order valence-corrected chi connectivity index (χ1v) is 5.57. The van der Waals surface area contributed by atoms with E-state index in [1.54, 1.807) is 0 Å². The molecule has 0 unspecified atom stereocenters. The molecule has 0 saturated carbocycles. The van der Waals surface area contributed by atoms with Crippen molar-refractivity contribution in [3.63, 3.8) is 0 Å². The fourth-order valence-electron chi connectivity index (χ4n) is 2.07. The van der Waals surface area contributed by atoms with Gasteiger partial charge in [0.15, 0.2) is 0 Å². The number of carboxylic acids is 1. The maximum absolute atomic E-state index is 10.7. The average Bonchev–Trinajstić information content (AvgIpc) is 2.27. The second-order valence-corrected chi connectivity index (χ2v) is 4.05. The number of aryl methyl sites for hydroxylation is 1. The van der Waals surface area contributed by atoms with Gasteiger partial charge in [0.25, 0.3) is 0 Å². The molecule has 0 aliphatic carbocycles. The van der Waals surface area contributed by atoms with Crippen LogP contribution >= 0.6 is 0 Å². The van der Waals surface area contributed by atoms with E-state index in [-0.39, 0.29) is 12.2 Å². The minimum atomic E-state index is -0.891. The van der Waals surface area contributed by atoms with E-state index in [0.29, 0.717) is 5.56 Å². The zero-order valence-corrected chi connectivity index (χ0v) is 9.60. The van der Waals surface area contributed by atoms with Gasteiger partial charge in [-0.05, 0) is 29.0 Å². The highest BCUT2D eigenvalue weighted by atomic mass is 16.4. The lowest BCUT2D eigenvalue weighted by Gasteiger charge is -2.08. The molecule has 0 bridgehead atoms. The quantitative estimate of drug-likeness (QED) is 0.852. The second-order valence-electron chi connectivity index (χ2n) is 4.05. The van der Waals surface area contributed by atoms with E-state index in [4.69, 9.17) is 5.11 Å². The Morgan fingerprint density at radius 1 is 1.24 bits per heavy atom. The van der Waals surface area contributed by atoms with Gasteiger partial charge in [0, 0.05) is 5.39 Å². The molecule has 2 rings (SSSR count). The van der Waals surface area contributed by atoms with E-state index >= 15 is 0 Å². The molecule has 0 atom stereocenters. The third kappa shape index (κ3) is 2.23. The van der Waals surface area contributed by atoms with Crippen molar-refractivity contribution in [3.8, 4) is 5.75 Å². The maximum Gasteiger partial charge on any atom is 0.307 e. The molecular formula is C14H14O3. The first-order chi connectivity index (χ1) is 8.11. The van der Waals surface area contributed by atoms with Crippen LogP contribution in [0.1, 0.15) is 18.1 Å². The number of fused-ring (bicyclic) bond motifs is 1. The molecule has 0 fully saturated rings. The van der Waals surface area contributed by atoms with E-state index in [2.05, 4.69) is 0 Å². The summed E-state index contributed by atoms with van der Waals surface area (Å²) >= 11 is 0. The van der Waals surface area contributed by atoms with Gasteiger partial charge in [0.2, 0.25) is 0 Å². The van der Waals surface area contributed by atoms with Gasteiger partial charge in [0.05, 0.1) is 6.42 Å². The molecule has 3 nitrogen and oxygen atoms in total. The number of benzene rings is 2. The molecule has 0 spiro atoms. The number of rotatable bonds is 3. The zero-order chi connectivity index (χ0) is 12.4. The number of hydrogen-bond donors (Lipinski definition) is 2. The van der Waals surface area contributed by atoms with E-state index < -0.39 is 5.97 Å². The van der Waals surface area contributed by atoms with Crippen molar-refractivity contribution < 1.29 is 15.0 Å². The topological polar surface area (TPSA) is 57.5 Å². The molecule has 0 radical (unpaired) electrons. The monoisotopic (exact) mass is 230 g/mol. The highest BCUT2D eigenvalue weighted by Gasteiger charge is 2.08. The van der Waals surface area contributed by atoms with E-state index in [9.17, 15) is 9.90 Å². The van der Waals surface area contributed by atoms with Crippen molar-refractivity contribution in [2.45, 2.75) is 19.8 Å². The molecule has 0 amide bonds. The number of aromatic hydroxyl groups is 1. The van der Waals surface area contributed by atoms with Crippen LogP contribution in [0.2, 0.25) is 0 Å². The molecular weight excluding hydrogens is 216 g/mol. The highest BCUT2D eigenvalue weighted by Crippen LogP contribution is 2.29. The molecule has 0 heterocycles. The van der Waals surface area contributed by atoms with Gasteiger partial charge in [-0.15, -0.1) is 0 Å². The van der Waals surface area contributed by atoms with Crippen molar-refractivity contribution in [1.29, 1.82) is 0 Å². The number of aliphatic carboxylic acids is 1. The summed E-state index contributed by atoms with van der Waals surface area (Å²) < 4.78 is 0. The molecule has 0 aliphatic rings. The van der Waals surface area contributed by atoms with Crippen molar-refractivity contribution in [2.75, 3.05) is 0 Å². The van der Waals surface area contributed by atoms with Gasteiger partial charge in [-0.25, -0.2) is 0 Å². The summed E-state index contributed by atoms with van der Waals surface area (Å²) in [4.78, 5) is 10.7. The Morgan fingerprint density at radius 2 is 2.00 bits per heavy atom. The summed E-state index contributed by atoms with van der Waals surface area (Å²) in [6, 6.07) is 9.11. The minimum absolute atomic E-state index is 0.0679. The lowest BCUT2D eigenvalue weighted by atomic mass is 9.98. The summed E-state index contributed by atoms with van der Waals surface area (Å²) in [5.74, 6) is -0.744. The van der Waals surface area contributed by atoms with E-state index in [1.807, 2.05) is 31.2 Å². The average molecular weight is 230 g/mol. The molecule has 2 N–H and O–H groups in total. The Labute approximate surface area is 99.3 Å². The van der Waals surface area contributed by atoms with Crippen LogP contribution in [0, 0.1) is 0 Å². The van der Waals surface area contributed by atoms with Crippen LogP contribution in [-0.4, -0.2) is 16.2 Å². The molecule has 88 valence electrons. The van der Waals surface area contributed by atoms with E-state index in [0.717, 1.165) is 22.8 Å². The predicted octanol–water partition coefficient (Wildman–Crippen LogP) is 2.73. The SMILES string of the molecule is CCc1cccc2c(O)cc(CC(=O)O)cc12. The van der Waals surface area contributed by atoms with Gasteiger partial charge < -0.3 is 10.2 Å². The molecule has 2 aromatic carbocycles. The van der Waals surface area contributed by atoms with Gasteiger partial charge >= 0.3 is 5.97 Å². The maximum atomic E-state index is 10.7. The Hall–Kier alpha value is -2.03. The van der Waals surface area contributed by atoms with Crippen LogP contribution in [0.5, 0.6) is 5.75 Å². The number of carbonyl (C=O) groups is 1. The Kier molecular flexibility index (Phi) is 3.00. The van der Waals surface area contributed by atoms with Crippen molar-refractivity contribution in [3.05, 3.63) is 41.5 Å². The van der Waals surface area contributed by atoms with Crippen molar-refractivity contribution in [1.82, 2.24) is 0 Å². The largest absolute Gasteiger partial charge is 0.507 e. The lowest BCUT2D eigenvalue weighted by molar-refractivity contribution is -0.136. The summed E-state index contributed by atoms with van der Waals surface area (Å²) in [5.41, 5.74) is 1.74.